The van der Waals surface area contributed by atoms with Gasteiger partial charge in [0.1, 0.15) is 36.1 Å². The molecule has 4 heterocycles. The van der Waals surface area contributed by atoms with Crippen LogP contribution >= 0.6 is 0 Å². The van der Waals surface area contributed by atoms with Crippen LogP contribution in [0.15, 0.2) is 54.7 Å². The van der Waals surface area contributed by atoms with E-state index in [1.54, 1.807) is 36.5 Å². The van der Waals surface area contributed by atoms with Crippen molar-refractivity contribution < 1.29 is 23.5 Å². The highest BCUT2D eigenvalue weighted by molar-refractivity contribution is 6.05. The molecule has 43 heavy (non-hydrogen) atoms. The number of carbonyl (C=O) groups is 3. The monoisotopic (exact) mass is 582 g/mol. The lowest BCUT2D eigenvalue weighted by atomic mass is 9.85. The summed E-state index contributed by atoms with van der Waals surface area (Å²) in [5, 5.41) is 11.3. The van der Waals surface area contributed by atoms with Crippen molar-refractivity contribution >= 4 is 23.5 Å². The molecular formula is C32H31FN6O4. The summed E-state index contributed by atoms with van der Waals surface area (Å²) >= 11 is 0. The SMILES string of the molecule is N#Cc1ccc(N2CCC(C(N)c3ccc(COc4cccc5c4CN([C@H]4CCC(=O)NC4=O)C5=O)c(F)c3)CC2)nc1. The zero-order valence-corrected chi connectivity index (χ0v) is 23.5. The van der Waals surface area contributed by atoms with Gasteiger partial charge in [0, 0.05) is 48.4 Å². The second-order valence-electron chi connectivity index (χ2n) is 11.2. The zero-order chi connectivity index (χ0) is 30.1. The van der Waals surface area contributed by atoms with Gasteiger partial charge >= 0.3 is 0 Å². The van der Waals surface area contributed by atoms with Gasteiger partial charge in [-0.15, -0.1) is 0 Å². The lowest BCUT2D eigenvalue weighted by Crippen LogP contribution is -2.52. The van der Waals surface area contributed by atoms with Crippen LogP contribution in [0.25, 0.3) is 0 Å². The largest absolute Gasteiger partial charge is 0.488 e. The summed E-state index contributed by atoms with van der Waals surface area (Å²) < 4.78 is 21.2. The molecule has 1 aromatic heterocycles. The van der Waals surface area contributed by atoms with Crippen molar-refractivity contribution in [2.24, 2.45) is 11.7 Å². The average Bonchev–Trinajstić information content (AvgIpc) is 3.36. The van der Waals surface area contributed by atoms with Crippen LogP contribution in [-0.2, 0) is 22.7 Å². The number of ether oxygens (including phenoxy) is 1. The number of nitriles is 1. The first kappa shape index (κ1) is 28.3. The van der Waals surface area contributed by atoms with Crippen LogP contribution in [0.5, 0.6) is 5.75 Å². The van der Waals surface area contributed by atoms with E-state index in [0.29, 0.717) is 28.0 Å². The van der Waals surface area contributed by atoms with Crippen LogP contribution in [-0.4, -0.2) is 46.7 Å². The van der Waals surface area contributed by atoms with Crippen LogP contribution in [0, 0.1) is 23.1 Å². The van der Waals surface area contributed by atoms with Crippen molar-refractivity contribution in [1.29, 1.82) is 5.26 Å². The molecule has 0 spiro atoms. The maximum absolute atomic E-state index is 15.2. The molecule has 1 unspecified atom stereocenters. The summed E-state index contributed by atoms with van der Waals surface area (Å²) in [6.45, 7) is 1.68. The predicted octanol–water partition coefficient (Wildman–Crippen LogP) is 3.35. The first-order valence-electron chi connectivity index (χ1n) is 14.4. The van der Waals surface area contributed by atoms with Gasteiger partial charge in [-0.25, -0.2) is 9.37 Å². The fourth-order valence-electron chi connectivity index (χ4n) is 6.13. The van der Waals surface area contributed by atoms with E-state index in [9.17, 15) is 14.4 Å². The van der Waals surface area contributed by atoms with Crippen LogP contribution in [0.3, 0.4) is 0 Å². The molecule has 0 radical (unpaired) electrons. The van der Waals surface area contributed by atoms with E-state index in [0.717, 1.165) is 37.3 Å². The molecule has 6 rings (SSSR count). The smallest absolute Gasteiger partial charge is 0.255 e. The molecule has 0 aliphatic carbocycles. The zero-order valence-electron chi connectivity index (χ0n) is 23.5. The lowest BCUT2D eigenvalue weighted by molar-refractivity contribution is -0.136. The molecule has 220 valence electrons. The minimum atomic E-state index is -0.723. The number of carbonyl (C=O) groups excluding carboxylic acids is 3. The highest BCUT2D eigenvalue weighted by Crippen LogP contribution is 2.35. The van der Waals surface area contributed by atoms with Gasteiger partial charge in [-0.3, -0.25) is 19.7 Å². The topological polar surface area (TPSA) is 142 Å². The number of amides is 3. The Balaban J connectivity index is 1.07. The number of nitrogens with two attached hydrogens (primary N) is 1. The van der Waals surface area contributed by atoms with E-state index >= 15 is 4.39 Å². The molecule has 3 amide bonds. The van der Waals surface area contributed by atoms with Gasteiger partial charge in [-0.05, 0) is 61.1 Å². The van der Waals surface area contributed by atoms with Gasteiger partial charge in [-0.2, -0.15) is 5.26 Å². The van der Waals surface area contributed by atoms with Crippen LogP contribution in [0.1, 0.15) is 64.3 Å². The lowest BCUT2D eigenvalue weighted by Gasteiger charge is -2.35. The Labute approximate surface area is 248 Å². The van der Waals surface area contributed by atoms with Gasteiger partial charge in [0.25, 0.3) is 5.91 Å². The Morgan fingerprint density at radius 1 is 1.12 bits per heavy atom. The summed E-state index contributed by atoms with van der Waals surface area (Å²) in [6, 6.07) is 14.7. The molecule has 0 saturated carbocycles. The number of fused-ring (bicyclic) bond motifs is 1. The number of nitrogens with zero attached hydrogens (tertiary/aromatic N) is 4. The third kappa shape index (κ3) is 5.66. The first-order chi connectivity index (χ1) is 20.8. The second-order valence-corrected chi connectivity index (χ2v) is 11.2. The average molecular weight is 583 g/mol. The number of rotatable bonds is 7. The molecule has 0 bridgehead atoms. The molecule has 3 N–H and O–H groups in total. The van der Waals surface area contributed by atoms with Gasteiger partial charge in [0.2, 0.25) is 11.8 Å². The summed E-state index contributed by atoms with van der Waals surface area (Å²) in [7, 11) is 0. The van der Waals surface area contributed by atoms with Gasteiger partial charge < -0.3 is 20.3 Å². The Bertz CT molecular complexity index is 1610. The summed E-state index contributed by atoms with van der Waals surface area (Å²) in [6.07, 6.45) is 3.69. The molecule has 2 aromatic carbocycles. The number of imide groups is 1. The Hall–Kier alpha value is -4.82. The van der Waals surface area contributed by atoms with E-state index in [4.69, 9.17) is 15.7 Å². The van der Waals surface area contributed by atoms with Gasteiger partial charge in [0.05, 0.1) is 12.1 Å². The second kappa shape index (κ2) is 11.8. The summed E-state index contributed by atoms with van der Waals surface area (Å²) in [5.74, 6) is -0.0598. The van der Waals surface area contributed by atoms with Crippen molar-refractivity contribution in [2.75, 3.05) is 18.0 Å². The first-order valence-corrected chi connectivity index (χ1v) is 14.4. The standard InChI is InChI=1S/C32H31FN6O4/c33-25-14-21(30(35)20-10-12-38(13-11-20)28-8-4-19(15-34)16-36-28)5-6-22(25)18-43-27-3-1-2-23-24(27)17-39(32(23)42)26-7-9-29(40)37-31(26)41/h1-6,8,14,16,20,26,30H,7,9-13,17-18,35H2,(H,37,40,41)/t26-,30?/m0/s1. The van der Waals surface area contributed by atoms with Crippen LogP contribution < -0.4 is 20.7 Å². The molecule has 3 aliphatic heterocycles. The molecular weight excluding hydrogens is 551 g/mol. The third-order valence-electron chi connectivity index (χ3n) is 8.63. The Morgan fingerprint density at radius 3 is 2.63 bits per heavy atom. The van der Waals surface area contributed by atoms with Gasteiger partial charge in [0.15, 0.2) is 0 Å². The Kier molecular flexibility index (Phi) is 7.78. The van der Waals surface area contributed by atoms with E-state index < -0.39 is 17.8 Å². The minimum Gasteiger partial charge on any atom is -0.488 e. The van der Waals surface area contributed by atoms with Crippen molar-refractivity contribution in [3.63, 3.8) is 0 Å². The predicted molar refractivity (Wildman–Crippen MR) is 154 cm³/mol. The van der Waals surface area contributed by atoms with Crippen molar-refractivity contribution in [3.05, 3.63) is 88.4 Å². The molecule has 2 saturated heterocycles. The molecule has 3 aliphatic rings. The molecule has 3 aromatic rings. The molecule has 11 heteroatoms. The fraction of sp³-hybridized carbons (Fsp3) is 0.344. The van der Waals surface area contributed by atoms with Crippen molar-refractivity contribution in [1.82, 2.24) is 15.2 Å². The third-order valence-corrected chi connectivity index (χ3v) is 8.63. The number of anilines is 1. The van der Waals surface area contributed by atoms with E-state index in [1.807, 2.05) is 12.1 Å². The normalized spacial score (nSPS) is 19.6. The summed E-state index contributed by atoms with van der Waals surface area (Å²) in [5.41, 5.74) is 9.27. The number of halogens is 1. The number of benzene rings is 2. The number of nitrogens with one attached hydrogen (secondary N) is 1. The number of hydrogen-bond acceptors (Lipinski definition) is 8. The number of pyridine rings is 1. The van der Waals surface area contributed by atoms with E-state index in [-0.39, 0.29) is 49.8 Å². The van der Waals surface area contributed by atoms with Crippen LogP contribution in [0.4, 0.5) is 10.2 Å². The van der Waals surface area contributed by atoms with Crippen molar-refractivity contribution in [2.45, 2.75) is 50.9 Å². The van der Waals surface area contributed by atoms with E-state index in [2.05, 4.69) is 21.3 Å². The van der Waals surface area contributed by atoms with Crippen LogP contribution in [0.2, 0.25) is 0 Å². The molecule has 2 atom stereocenters. The summed E-state index contributed by atoms with van der Waals surface area (Å²) in [4.78, 5) is 45.0. The highest BCUT2D eigenvalue weighted by atomic mass is 19.1. The number of piperidine rings is 2. The maximum Gasteiger partial charge on any atom is 0.255 e. The Morgan fingerprint density at radius 2 is 1.93 bits per heavy atom. The molecule has 2 fully saturated rings. The van der Waals surface area contributed by atoms with Crippen molar-refractivity contribution in [3.8, 4) is 11.8 Å². The molecule has 10 nitrogen and oxygen atoms in total. The quantitative estimate of drug-likeness (QED) is 0.404. The number of aromatic nitrogens is 1. The minimum absolute atomic E-state index is 0.0413. The fourth-order valence-corrected chi connectivity index (χ4v) is 6.13. The number of hydrogen-bond donors (Lipinski definition) is 2. The van der Waals surface area contributed by atoms with Gasteiger partial charge in [-0.1, -0.05) is 18.2 Å². The van der Waals surface area contributed by atoms with E-state index in [1.165, 1.54) is 11.0 Å². The maximum atomic E-state index is 15.2. The highest BCUT2D eigenvalue weighted by Gasteiger charge is 2.40.